The summed E-state index contributed by atoms with van der Waals surface area (Å²) in [5, 5.41) is 8.97. The van der Waals surface area contributed by atoms with Gasteiger partial charge in [0.15, 0.2) is 0 Å². The van der Waals surface area contributed by atoms with E-state index >= 15 is 0 Å². The van der Waals surface area contributed by atoms with Crippen molar-refractivity contribution in [1.82, 2.24) is 0 Å². The third kappa shape index (κ3) is 11.1. The number of carboxylic acid groups (broad SMARTS) is 1. The highest BCUT2D eigenvalue weighted by molar-refractivity contribution is 5.67. The van der Waals surface area contributed by atoms with Gasteiger partial charge in [0.25, 0.3) is 0 Å². The first-order chi connectivity index (χ1) is 9.38. The topological polar surface area (TPSA) is 37.3 Å². The van der Waals surface area contributed by atoms with Crippen LogP contribution in [0.5, 0.6) is 0 Å². The van der Waals surface area contributed by atoms with Crippen molar-refractivity contribution in [2.45, 2.75) is 85.5 Å². The molecule has 2 heteroatoms. The van der Waals surface area contributed by atoms with Crippen molar-refractivity contribution in [3.05, 3.63) is 12.2 Å². The van der Waals surface area contributed by atoms with Gasteiger partial charge < -0.3 is 5.11 Å². The van der Waals surface area contributed by atoms with Crippen molar-refractivity contribution >= 4 is 5.97 Å². The average molecular weight is 282 g/mol. The monoisotopic (exact) mass is 282 g/mol. The van der Waals surface area contributed by atoms with Gasteiger partial charge in [-0.3, -0.25) is 4.79 Å². The van der Waals surface area contributed by atoms with Crippen LogP contribution < -0.4 is 0 Å². The molecule has 0 aromatic rings. The Morgan fingerprint density at radius 1 is 1.05 bits per heavy atom. The molecule has 20 heavy (non-hydrogen) atoms. The molecule has 1 atom stereocenters. The lowest BCUT2D eigenvalue weighted by Crippen LogP contribution is -2.22. The number of aliphatic carboxylic acids is 1. The smallest absolute Gasteiger partial charge is 0.303 e. The Kier molecular flexibility index (Phi) is 10.5. The molecule has 0 radical (unpaired) electrons. The molecule has 2 nitrogen and oxygen atoms in total. The van der Waals surface area contributed by atoms with E-state index < -0.39 is 5.97 Å². The van der Waals surface area contributed by atoms with Crippen molar-refractivity contribution in [1.29, 1.82) is 0 Å². The van der Waals surface area contributed by atoms with E-state index in [-0.39, 0.29) is 17.8 Å². The zero-order valence-electron chi connectivity index (χ0n) is 14.0. The second-order valence-corrected chi connectivity index (χ2v) is 6.92. The van der Waals surface area contributed by atoms with E-state index in [1.807, 2.05) is 0 Å². The van der Waals surface area contributed by atoms with Crippen LogP contribution >= 0.6 is 0 Å². The number of rotatable bonds is 11. The summed E-state index contributed by atoms with van der Waals surface area (Å²) < 4.78 is 0. The quantitative estimate of drug-likeness (QED) is 0.383. The highest BCUT2D eigenvalue weighted by Gasteiger charge is 2.25. The van der Waals surface area contributed by atoms with Gasteiger partial charge in [-0.2, -0.15) is 0 Å². The minimum atomic E-state index is -0.686. The van der Waals surface area contributed by atoms with Gasteiger partial charge in [0.2, 0.25) is 0 Å². The maximum atomic E-state index is 10.9. The summed E-state index contributed by atoms with van der Waals surface area (Å²) in [7, 11) is 0. The van der Waals surface area contributed by atoms with Gasteiger partial charge in [-0.25, -0.2) is 0 Å². The van der Waals surface area contributed by atoms with Crippen molar-refractivity contribution in [3.8, 4) is 0 Å². The lowest BCUT2D eigenvalue weighted by atomic mass is 9.77. The number of hydrogen-bond acceptors (Lipinski definition) is 1. The molecule has 0 spiro atoms. The zero-order valence-corrected chi connectivity index (χ0v) is 14.0. The molecule has 0 aliphatic heterocycles. The van der Waals surface area contributed by atoms with Crippen LogP contribution in [0.1, 0.15) is 85.5 Å². The summed E-state index contributed by atoms with van der Waals surface area (Å²) in [6, 6.07) is 0. The van der Waals surface area contributed by atoms with E-state index in [1.165, 1.54) is 38.5 Å². The molecule has 1 N–H and O–H groups in total. The maximum absolute atomic E-state index is 10.9. The van der Waals surface area contributed by atoms with Crippen LogP contribution in [0.4, 0.5) is 0 Å². The second kappa shape index (κ2) is 10.9. The van der Waals surface area contributed by atoms with Gasteiger partial charge >= 0.3 is 5.97 Å². The van der Waals surface area contributed by atoms with Crippen LogP contribution in [0.25, 0.3) is 0 Å². The van der Waals surface area contributed by atoms with Crippen LogP contribution in [0.15, 0.2) is 12.2 Å². The highest BCUT2D eigenvalue weighted by Crippen LogP contribution is 2.31. The molecule has 118 valence electrons. The van der Waals surface area contributed by atoms with Gasteiger partial charge in [0.1, 0.15) is 0 Å². The Morgan fingerprint density at radius 2 is 1.65 bits per heavy atom. The Balaban J connectivity index is 3.81. The van der Waals surface area contributed by atoms with Gasteiger partial charge in [-0.15, -0.1) is 0 Å². The van der Waals surface area contributed by atoms with Crippen molar-refractivity contribution in [2.24, 2.45) is 11.3 Å². The number of allylic oxidation sites excluding steroid dienone is 2. The summed E-state index contributed by atoms with van der Waals surface area (Å²) in [6.45, 7) is 8.62. The minimum absolute atomic E-state index is 0.0584. The fourth-order valence-electron chi connectivity index (χ4n) is 2.37. The van der Waals surface area contributed by atoms with Crippen LogP contribution in [-0.2, 0) is 4.79 Å². The van der Waals surface area contributed by atoms with Crippen molar-refractivity contribution in [3.63, 3.8) is 0 Å². The third-order valence-electron chi connectivity index (χ3n) is 3.96. The van der Waals surface area contributed by atoms with Crippen LogP contribution in [0.3, 0.4) is 0 Å². The maximum Gasteiger partial charge on any atom is 0.303 e. The fourth-order valence-corrected chi connectivity index (χ4v) is 2.37. The third-order valence-corrected chi connectivity index (χ3v) is 3.96. The van der Waals surface area contributed by atoms with Crippen molar-refractivity contribution in [2.75, 3.05) is 0 Å². The average Bonchev–Trinajstić information content (AvgIpc) is 2.33. The van der Waals surface area contributed by atoms with E-state index in [1.54, 1.807) is 0 Å². The molecule has 0 aliphatic carbocycles. The molecule has 0 saturated heterocycles. The van der Waals surface area contributed by atoms with Crippen LogP contribution in [-0.4, -0.2) is 11.1 Å². The molecule has 0 aliphatic rings. The van der Waals surface area contributed by atoms with E-state index in [0.29, 0.717) is 0 Å². The summed E-state index contributed by atoms with van der Waals surface area (Å²) >= 11 is 0. The van der Waals surface area contributed by atoms with Gasteiger partial charge in [-0.05, 0) is 30.6 Å². The molecular formula is C18H34O2. The number of carbonyl (C=O) groups is 1. The molecule has 0 fully saturated rings. The summed E-state index contributed by atoms with van der Waals surface area (Å²) in [5.74, 6) is -0.463. The molecule has 0 amide bonds. The Bertz CT molecular complexity index is 274. The Hall–Kier alpha value is -0.790. The molecule has 0 heterocycles. The molecule has 1 unspecified atom stereocenters. The van der Waals surface area contributed by atoms with Gasteiger partial charge in [-0.1, -0.05) is 72.0 Å². The lowest BCUT2D eigenvalue weighted by Gasteiger charge is -2.28. The summed E-state index contributed by atoms with van der Waals surface area (Å²) in [4.78, 5) is 10.9. The molecule has 0 rings (SSSR count). The normalized spacial score (nSPS) is 13.8. The zero-order chi connectivity index (χ0) is 15.4. The van der Waals surface area contributed by atoms with Gasteiger partial charge in [0, 0.05) is 6.42 Å². The minimum Gasteiger partial charge on any atom is -0.481 e. The second-order valence-electron chi connectivity index (χ2n) is 6.92. The Labute approximate surface area is 125 Å². The number of unbranched alkanes of at least 4 members (excludes halogenated alkanes) is 6. The predicted octanol–water partition coefficient (Wildman–Crippen LogP) is 5.82. The van der Waals surface area contributed by atoms with Crippen LogP contribution in [0, 0.1) is 11.3 Å². The van der Waals surface area contributed by atoms with Crippen LogP contribution in [0.2, 0.25) is 0 Å². The summed E-state index contributed by atoms with van der Waals surface area (Å²) in [5.41, 5.74) is 0.0584. The first kappa shape index (κ1) is 19.2. The Morgan fingerprint density at radius 3 is 2.20 bits per heavy atom. The lowest BCUT2D eigenvalue weighted by molar-refractivity contribution is -0.139. The molecule has 0 bridgehead atoms. The first-order valence-corrected chi connectivity index (χ1v) is 8.24. The first-order valence-electron chi connectivity index (χ1n) is 8.24. The van der Waals surface area contributed by atoms with E-state index in [2.05, 4.69) is 39.8 Å². The fraction of sp³-hybridized carbons (Fsp3) is 0.833. The van der Waals surface area contributed by atoms with E-state index in [9.17, 15) is 4.79 Å². The molecule has 0 aromatic heterocycles. The largest absolute Gasteiger partial charge is 0.481 e. The molecule has 0 aromatic carbocycles. The predicted molar refractivity (Wildman–Crippen MR) is 86.9 cm³/mol. The number of carboxylic acids is 1. The standard InChI is InChI=1S/C18H34O2/c1-5-6-7-8-9-10-11-12-13-14-16(15-17(19)20)18(2,3)4/h12-13,16H,5-11,14-15H2,1-4H3,(H,19,20)/b13-12+. The van der Waals surface area contributed by atoms with Crippen molar-refractivity contribution < 1.29 is 9.90 Å². The highest BCUT2D eigenvalue weighted by atomic mass is 16.4. The summed E-state index contributed by atoms with van der Waals surface area (Å²) in [6.07, 6.45) is 14.7. The SMILES string of the molecule is CCCCCCCC/C=C/CC(CC(=O)O)C(C)(C)C. The number of hydrogen-bond donors (Lipinski definition) is 1. The van der Waals surface area contributed by atoms with Gasteiger partial charge in [0.05, 0.1) is 0 Å². The van der Waals surface area contributed by atoms with E-state index in [4.69, 9.17) is 5.11 Å². The van der Waals surface area contributed by atoms with E-state index in [0.717, 1.165) is 12.8 Å². The molecular weight excluding hydrogens is 248 g/mol. The molecule has 0 saturated carbocycles.